The van der Waals surface area contributed by atoms with E-state index >= 15 is 0 Å². The Morgan fingerprint density at radius 1 is 1.58 bits per heavy atom. The SMILES string of the molecule is C=C(/C=N\OC)C(C)(C)CCC. The number of hydrogen-bond donors (Lipinski definition) is 0. The molecule has 0 spiro atoms. The van der Waals surface area contributed by atoms with Crippen LogP contribution in [0, 0.1) is 5.41 Å². The summed E-state index contributed by atoms with van der Waals surface area (Å²) in [6, 6.07) is 0. The maximum atomic E-state index is 4.59. The molecule has 0 N–H and O–H groups in total. The monoisotopic (exact) mass is 169 g/mol. The molecule has 0 bridgehead atoms. The topological polar surface area (TPSA) is 21.6 Å². The summed E-state index contributed by atoms with van der Waals surface area (Å²) in [6.45, 7) is 10.5. The Morgan fingerprint density at radius 2 is 2.17 bits per heavy atom. The number of oxime groups is 1. The summed E-state index contributed by atoms with van der Waals surface area (Å²) < 4.78 is 0. The normalized spacial score (nSPS) is 12.0. The fourth-order valence-corrected chi connectivity index (χ4v) is 1.08. The highest BCUT2D eigenvalue weighted by molar-refractivity contribution is 5.78. The number of rotatable bonds is 5. The third-order valence-corrected chi connectivity index (χ3v) is 2.06. The Labute approximate surface area is 75.3 Å². The van der Waals surface area contributed by atoms with Crippen molar-refractivity contribution < 1.29 is 4.84 Å². The average Bonchev–Trinajstić information content (AvgIpc) is 2.00. The molecule has 0 radical (unpaired) electrons. The molecule has 0 aliphatic heterocycles. The summed E-state index contributed by atoms with van der Waals surface area (Å²) in [5.41, 5.74) is 1.16. The number of hydrogen-bond acceptors (Lipinski definition) is 2. The lowest BCUT2D eigenvalue weighted by molar-refractivity contribution is 0.214. The molecule has 0 saturated heterocycles. The lowest BCUT2D eigenvalue weighted by Gasteiger charge is -2.23. The second-order valence-corrected chi connectivity index (χ2v) is 3.58. The van der Waals surface area contributed by atoms with E-state index in [4.69, 9.17) is 0 Å². The second kappa shape index (κ2) is 4.96. The Morgan fingerprint density at radius 3 is 2.58 bits per heavy atom. The van der Waals surface area contributed by atoms with Crippen LogP contribution in [0.25, 0.3) is 0 Å². The van der Waals surface area contributed by atoms with Crippen LogP contribution in [0.4, 0.5) is 0 Å². The largest absolute Gasteiger partial charge is 0.399 e. The first kappa shape index (κ1) is 11.2. The van der Waals surface area contributed by atoms with Gasteiger partial charge in [0.25, 0.3) is 0 Å². The van der Waals surface area contributed by atoms with Crippen molar-refractivity contribution in [1.82, 2.24) is 0 Å². The molecule has 0 heterocycles. The maximum absolute atomic E-state index is 4.59. The van der Waals surface area contributed by atoms with Crippen molar-refractivity contribution in [2.24, 2.45) is 10.6 Å². The fourth-order valence-electron chi connectivity index (χ4n) is 1.08. The van der Waals surface area contributed by atoms with Crippen molar-refractivity contribution in [3.63, 3.8) is 0 Å². The Balaban J connectivity index is 4.15. The van der Waals surface area contributed by atoms with Gasteiger partial charge in [-0.05, 0) is 17.4 Å². The lowest BCUT2D eigenvalue weighted by atomic mass is 9.81. The van der Waals surface area contributed by atoms with Gasteiger partial charge in [-0.25, -0.2) is 0 Å². The van der Waals surface area contributed by atoms with E-state index in [2.05, 4.69) is 37.3 Å². The zero-order valence-corrected chi connectivity index (χ0v) is 8.55. The van der Waals surface area contributed by atoms with E-state index in [1.165, 1.54) is 7.11 Å². The van der Waals surface area contributed by atoms with Crippen LogP contribution in [-0.2, 0) is 4.84 Å². The smallest absolute Gasteiger partial charge is 0.106 e. The number of nitrogens with zero attached hydrogens (tertiary/aromatic N) is 1. The first-order chi connectivity index (χ1) is 5.54. The molecule has 0 fully saturated rings. The Kier molecular flexibility index (Phi) is 4.64. The predicted molar refractivity (Wildman–Crippen MR) is 53.3 cm³/mol. The van der Waals surface area contributed by atoms with Crippen molar-refractivity contribution in [2.75, 3.05) is 7.11 Å². The van der Waals surface area contributed by atoms with Crippen LogP contribution < -0.4 is 0 Å². The van der Waals surface area contributed by atoms with Crippen molar-refractivity contribution >= 4 is 6.21 Å². The zero-order chi connectivity index (χ0) is 9.61. The summed E-state index contributed by atoms with van der Waals surface area (Å²) in [5, 5.41) is 3.70. The van der Waals surface area contributed by atoms with Gasteiger partial charge in [-0.15, -0.1) is 0 Å². The van der Waals surface area contributed by atoms with E-state index < -0.39 is 0 Å². The minimum Gasteiger partial charge on any atom is -0.399 e. The molecular formula is C10H19NO. The summed E-state index contributed by atoms with van der Waals surface area (Å²) in [6.07, 6.45) is 3.98. The predicted octanol–water partition coefficient (Wildman–Crippen LogP) is 3.00. The third kappa shape index (κ3) is 3.56. The van der Waals surface area contributed by atoms with Gasteiger partial charge in [-0.2, -0.15) is 0 Å². The molecule has 0 amide bonds. The summed E-state index contributed by atoms with van der Waals surface area (Å²) in [5.74, 6) is 0. The van der Waals surface area contributed by atoms with Crippen LogP contribution in [0.1, 0.15) is 33.6 Å². The molecule has 12 heavy (non-hydrogen) atoms. The van der Waals surface area contributed by atoms with Crippen LogP contribution >= 0.6 is 0 Å². The van der Waals surface area contributed by atoms with Gasteiger partial charge in [0.1, 0.15) is 7.11 Å². The zero-order valence-electron chi connectivity index (χ0n) is 8.55. The minimum absolute atomic E-state index is 0.136. The minimum atomic E-state index is 0.136. The van der Waals surface area contributed by atoms with Gasteiger partial charge >= 0.3 is 0 Å². The van der Waals surface area contributed by atoms with E-state index in [0.717, 1.165) is 18.4 Å². The molecule has 0 saturated carbocycles. The van der Waals surface area contributed by atoms with Gasteiger partial charge in [0, 0.05) is 0 Å². The number of allylic oxidation sites excluding steroid dienone is 1. The van der Waals surface area contributed by atoms with Crippen LogP contribution in [-0.4, -0.2) is 13.3 Å². The Hall–Kier alpha value is -0.790. The van der Waals surface area contributed by atoms with Crippen molar-refractivity contribution in [1.29, 1.82) is 0 Å². The quantitative estimate of drug-likeness (QED) is 0.458. The molecule has 0 aliphatic carbocycles. The molecule has 2 heteroatoms. The fraction of sp³-hybridized carbons (Fsp3) is 0.700. The highest BCUT2D eigenvalue weighted by Gasteiger charge is 2.18. The molecule has 2 nitrogen and oxygen atoms in total. The van der Waals surface area contributed by atoms with Crippen molar-refractivity contribution in [2.45, 2.75) is 33.6 Å². The summed E-state index contributed by atoms with van der Waals surface area (Å²) >= 11 is 0. The summed E-state index contributed by atoms with van der Waals surface area (Å²) in [4.78, 5) is 4.59. The van der Waals surface area contributed by atoms with E-state index in [9.17, 15) is 0 Å². The first-order valence-corrected chi connectivity index (χ1v) is 4.30. The van der Waals surface area contributed by atoms with Crippen molar-refractivity contribution in [3.8, 4) is 0 Å². The van der Waals surface area contributed by atoms with Gasteiger partial charge < -0.3 is 4.84 Å². The van der Waals surface area contributed by atoms with Crippen LogP contribution in [0.2, 0.25) is 0 Å². The molecule has 0 atom stereocenters. The van der Waals surface area contributed by atoms with E-state index in [1.807, 2.05) is 0 Å². The lowest BCUT2D eigenvalue weighted by Crippen LogP contribution is -2.14. The summed E-state index contributed by atoms with van der Waals surface area (Å²) in [7, 11) is 1.54. The molecule has 0 aromatic carbocycles. The highest BCUT2D eigenvalue weighted by Crippen LogP contribution is 2.28. The van der Waals surface area contributed by atoms with Gasteiger partial charge in [0.15, 0.2) is 0 Å². The van der Waals surface area contributed by atoms with Gasteiger partial charge in [-0.3, -0.25) is 0 Å². The average molecular weight is 169 g/mol. The molecular weight excluding hydrogens is 150 g/mol. The van der Waals surface area contributed by atoms with Crippen LogP contribution in [0.15, 0.2) is 17.3 Å². The molecule has 0 aliphatic rings. The molecule has 70 valence electrons. The first-order valence-electron chi connectivity index (χ1n) is 4.30. The molecule has 0 rings (SSSR count). The van der Waals surface area contributed by atoms with Crippen LogP contribution in [0.3, 0.4) is 0 Å². The third-order valence-electron chi connectivity index (χ3n) is 2.06. The second-order valence-electron chi connectivity index (χ2n) is 3.58. The van der Waals surface area contributed by atoms with Gasteiger partial charge in [-0.1, -0.05) is 38.9 Å². The highest BCUT2D eigenvalue weighted by atomic mass is 16.6. The van der Waals surface area contributed by atoms with E-state index in [1.54, 1.807) is 6.21 Å². The van der Waals surface area contributed by atoms with Gasteiger partial charge in [0.05, 0.1) is 6.21 Å². The van der Waals surface area contributed by atoms with E-state index in [-0.39, 0.29) is 5.41 Å². The molecule has 0 aromatic heterocycles. The van der Waals surface area contributed by atoms with Crippen LogP contribution in [0.5, 0.6) is 0 Å². The maximum Gasteiger partial charge on any atom is 0.106 e. The Bertz CT molecular complexity index is 171. The van der Waals surface area contributed by atoms with Gasteiger partial charge in [0.2, 0.25) is 0 Å². The molecule has 0 unspecified atom stereocenters. The van der Waals surface area contributed by atoms with E-state index in [0.29, 0.717) is 0 Å². The standard InChI is InChI=1S/C10H19NO/c1-6-7-10(3,4)9(2)8-11-12-5/h8H,2,6-7H2,1,3-5H3/b11-8-. The van der Waals surface area contributed by atoms with Crippen molar-refractivity contribution in [3.05, 3.63) is 12.2 Å². The molecule has 0 aromatic rings.